The van der Waals surface area contributed by atoms with E-state index < -0.39 is 17.7 Å². The van der Waals surface area contributed by atoms with Gasteiger partial charge in [0.1, 0.15) is 6.10 Å². The van der Waals surface area contributed by atoms with Crippen molar-refractivity contribution in [2.24, 2.45) is 24.8 Å². The van der Waals surface area contributed by atoms with Gasteiger partial charge in [0.2, 0.25) is 0 Å². The number of nitrogens with zero attached hydrogens (tertiary/aromatic N) is 2. The molecule has 33 heavy (non-hydrogen) atoms. The fraction of sp³-hybridized carbons (Fsp3) is 0.692. The van der Waals surface area contributed by atoms with Crippen molar-refractivity contribution in [1.82, 2.24) is 9.47 Å². The first-order valence-corrected chi connectivity index (χ1v) is 12.4. The predicted octanol–water partition coefficient (Wildman–Crippen LogP) is 2.33. The Morgan fingerprint density at radius 1 is 1.15 bits per heavy atom. The number of aryl methyl sites for hydroxylation is 1. The second-order valence-electron chi connectivity index (χ2n) is 11.2. The van der Waals surface area contributed by atoms with Gasteiger partial charge < -0.3 is 29.0 Å². The average Bonchev–Trinajstić information content (AvgIpc) is 3.38. The first-order valence-electron chi connectivity index (χ1n) is 12.4. The summed E-state index contributed by atoms with van der Waals surface area (Å²) in [6.45, 7) is 2.59. The zero-order chi connectivity index (χ0) is 22.7. The second kappa shape index (κ2) is 6.80. The molecule has 2 bridgehead atoms. The molecule has 1 spiro atoms. The minimum absolute atomic E-state index is 0.102. The van der Waals surface area contributed by atoms with Gasteiger partial charge in [0, 0.05) is 54.4 Å². The molecule has 4 saturated heterocycles. The van der Waals surface area contributed by atoms with Gasteiger partial charge in [-0.05, 0) is 44.4 Å². The third-order valence-corrected chi connectivity index (χ3v) is 9.74. The van der Waals surface area contributed by atoms with E-state index in [9.17, 15) is 10.2 Å². The summed E-state index contributed by atoms with van der Waals surface area (Å²) < 4.78 is 21.5. The van der Waals surface area contributed by atoms with Crippen LogP contribution in [0.25, 0.3) is 10.9 Å². The van der Waals surface area contributed by atoms with Crippen molar-refractivity contribution in [3.8, 4) is 0 Å². The predicted molar refractivity (Wildman–Crippen MR) is 121 cm³/mol. The molecular formula is C26H34N2O5. The number of ether oxygens (including phenoxy) is 3. The van der Waals surface area contributed by atoms with E-state index in [1.54, 1.807) is 0 Å². The molecule has 5 aliphatic heterocycles. The molecule has 0 amide bonds. The summed E-state index contributed by atoms with van der Waals surface area (Å²) in [7, 11) is 4.49. The van der Waals surface area contributed by atoms with E-state index in [1.165, 1.54) is 22.2 Å². The summed E-state index contributed by atoms with van der Waals surface area (Å²) in [6.07, 6.45) is 1.99. The van der Waals surface area contributed by atoms with Crippen molar-refractivity contribution in [1.29, 1.82) is 0 Å². The zero-order valence-electron chi connectivity index (χ0n) is 19.6. The van der Waals surface area contributed by atoms with Gasteiger partial charge in [0.15, 0.2) is 11.6 Å². The van der Waals surface area contributed by atoms with Crippen molar-refractivity contribution in [3.05, 3.63) is 35.5 Å². The normalized spacial score (nSPS) is 46.5. The molecule has 6 heterocycles. The van der Waals surface area contributed by atoms with Crippen LogP contribution in [-0.2, 0) is 27.7 Å². The van der Waals surface area contributed by atoms with E-state index in [0.29, 0.717) is 43.4 Å². The van der Waals surface area contributed by atoms with Gasteiger partial charge >= 0.3 is 0 Å². The largest absolute Gasteiger partial charge is 0.394 e. The summed E-state index contributed by atoms with van der Waals surface area (Å²) >= 11 is 0. The van der Waals surface area contributed by atoms with Crippen LogP contribution in [0, 0.1) is 17.8 Å². The van der Waals surface area contributed by atoms with Crippen molar-refractivity contribution >= 4 is 10.9 Å². The van der Waals surface area contributed by atoms with Crippen molar-refractivity contribution in [3.63, 3.8) is 0 Å². The Morgan fingerprint density at radius 2 is 1.97 bits per heavy atom. The van der Waals surface area contributed by atoms with Crippen molar-refractivity contribution in [2.75, 3.05) is 20.3 Å². The minimum atomic E-state index is -1.06. The highest BCUT2D eigenvalue weighted by Gasteiger charge is 2.67. The Morgan fingerprint density at radius 3 is 2.76 bits per heavy atom. The second-order valence-corrected chi connectivity index (χ2v) is 11.2. The molecule has 0 radical (unpaired) electrons. The van der Waals surface area contributed by atoms with Crippen LogP contribution in [0.3, 0.4) is 0 Å². The standard InChI is InChI=1S/C26H34N2O5/c1-25-19(11-26(33-25)23(30)8-14(12-29)32-26)16-9-22-24-17(10-21(27(22)2)18(16)13-31-25)15-6-4-5-7-20(15)28(24)3/h4-7,14,16,18-19,21-23,29-30H,8-13H2,1-3H3. The fourth-order valence-electron chi connectivity index (χ4n) is 8.17. The molecule has 1 aromatic heterocycles. The average molecular weight is 455 g/mol. The molecule has 0 aliphatic carbocycles. The molecule has 7 nitrogen and oxygen atoms in total. The van der Waals surface area contributed by atoms with Crippen LogP contribution < -0.4 is 0 Å². The van der Waals surface area contributed by atoms with Gasteiger partial charge in [0.25, 0.3) is 0 Å². The molecule has 178 valence electrons. The molecule has 5 aliphatic rings. The van der Waals surface area contributed by atoms with E-state index in [2.05, 4.69) is 47.8 Å². The Bertz CT molecular complexity index is 1120. The highest BCUT2D eigenvalue weighted by Crippen LogP contribution is 2.60. The fourth-order valence-corrected chi connectivity index (χ4v) is 8.17. The summed E-state index contributed by atoms with van der Waals surface area (Å²) in [5.74, 6) is -0.825. The van der Waals surface area contributed by atoms with Crippen LogP contribution >= 0.6 is 0 Å². The summed E-state index contributed by atoms with van der Waals surface area (Å²) in [6, 6.07) is 9.56. The van der Waals surface area contributed by atoms with Gasteiger partial charge in [-0.2, -0.15) is 0 Å². The van der Waals surface area contributed by atoms with E-state index in [1.807, 2.05) is 6.92 Å². The van der Waals surface area contributed by atoms with Gasteiger partial charge in [0.05, 0.1) is 25.4 Å². The van der Waals surface area contributed by atoms with E-state index in [0.717, 1.165) is 12.8 Å². The number of aromatic nitrogens is 1. The maximum atomic E-state index is 10.9. The highest BCUT2D eigenvalue weighted by atomic mass is 16.8. The smallest absolute Gasteiger partial charge is 0.198 e. The first kappa shape index (κ1) is 20.9. The lowest BCUT2D eigenvalue weighted by atomic mass is 9.63. The minimum Gasteiger partial charge on any atom is -0.394 e. The van der Waals surface area contributed by atoms with Crippen LogP contribution in [0.5, 0.6) is 0 Å². The maximum absolute atomic E-state index is 10.9. The molecular weight excluding hydrogens is 420 g/mol. The number of likely N-dealkylation sites (N-methyl/N-ethyl adjacent to an activating group) is 1. The lowest BCUT2D eigenvalue weighted by molar-refractivity contribution is -0.347. The zero-order valence-corrected chi connectivity index (χ0v) is 19.6. The number of aliphatic hydroxyl groups is 2. The topological polar surface area (TPSA) is 76.3 Å². The molecule has 4 fully saturated rings. The number of benzene rings is 1. The summed E-state index contributed by atoms with van der Waals surface area (Å²) in [4.78, 5) is 2.59. The number of piperidine rings is 1. The Hall–Kier alpha value is -1.48. The number of hydrogen-bond donors (Lipinski definition) is 2. The molecule has 0 saturated carbocycles. The number of hydrogen-bond acceptors (Lipinski definition) is 6. The highest BCUT2D eigenvalue weighted by molar-refractivity contribution is 5.86. The monoisotopic (exact) mass is 454 g/mol. The third-order valence-electron chi connectivity index (χ3n) is 9.74. The number of rotatable bonds is 1. The molecule has 7 rings (SSSR count). The third kappa shape index (κ3) is 2.61. The Balaban J connectivity index is 1.28. The van der Waals surface area contributed by atoms with Gasteiger partial charge in [-0.1, -0.05) is 18.2 Å². The van der Waals surface area contributed by atoms with E-state index in [-0.39, 0.29) is 18.6 Å². The number of fused-ring (bicyclic) bond motifs is 10. The lowest BCUT2D eigenvalue weighted by Gasteiger charge is -2.57. The molecule has 9 unspecified atom stereocenters. The van der Waals surface area contributed by atoms with Crippen LogP contribution in [0.1, 0.15) is 43.5 Å². The van der Waals surface area contributed by atoms with Crippen LogP contribution in [0.2, 0.25) is 0 Å². The van der Waals surface area contributed by atoms with Crippen LogP contribution in [0.4, 0.5) is 0 Å². The molecule has 9 atom stereocenters. The SMILES string of the molecule is CN1C2CC3C(COC4(C)OC5(CC34)OC(CO)CC5O)C1Cc1c2n(C)c2ccccc12. The van der Waals surface area contributed by atoms with E-state index >= 15 is 0 Å². The molecule has 2 aromatic rings. The maximum Gasteiger partial charge on any atom is 0.198 e. The quantitative estimate of drug-likeness (QED) is 0.689. The molecule has 1 aromatic carbocycles. The van der Waals surface area contributed by atoms with E-state index in [4.69, 9.17) is 14.2 Å². The Kier molecular flexibility index (Phi) is 4.30. The number of para-hydroxylation sites is 1. The molecule has 7 heteroatoms. The lowest BCUT2D eigenvalue weighted by Crippen LogP contribution is -2.60. The first-order chi connectivity index (χ1) is 15.8. The van der Waals surface area contributed by atoms with Crippen molar-refractivity contribution < 1.29 is 24.4 Å². The van der Waals surface area contributed by atoms with Gasteiger partial charge in [-0.15, -0.1) is 0 Å². The number of aliphatic hydroxyl groups excluding tert-OH is 2. The summed E-state index contributed by atoms with van der Waals surface area (Å²) in [5.41, 5.74) is 4.27. The van der Waals surface area contributed by atoms with Gasteiger partial charge in [-0.25, -0.2) is 0 Å². The van der Waals surface area contributed by atoms with Crippen LogP contribution in [0.15, 0.2) is 24.3 Å². The Labute approximate surface area is 194 Å². The molecule has 2 N–H and O–H groups in total. The van der Waals surface area contributed by atoms with Crippen LogP contribution in [-0.4, -0.2) is 69.8 Å². The van der Waals surface area contributed by atoms with Gasteiger partial charge in [-0.3, -0.25) is 4.90 Å². The van der Waals surface area contributed by atoms with Crippen molar-refractivity contribution in [2.45, 2.75) is 68.5 Å². The summed E-state index contributed by atoms with van der Waals surface area (Å²) in [5, 5.41) is 21.9.